The van der Waals surface area contributed by atoms with E-state index >= 15 is 0 Å². The molecule has 1 amide bonds. The van der Waals surface area contributed by atoms with Crippen LogP contribution >= 0.6 is 11.6 Å². The molecule has 0 bridgehead atoms. The van der Waals surface area contributed by atoms with Crippen LogP contribution in [0, 0.1) is 0 Å². The van der Waals surface area contributed by atoms with Crippen LogP contribution in [-0.2, 0) is 20.9 Å². The lowest BCUT2D eigenvalue weighted by molar-refractivity contribution is -0.147. The second-order valence-corrected chi connectivity index (χ2v) is 4.84. The number of hydrogen-bond acceptors (Lipinski definition) is 3. The van der Waals surface area contributed by atoms with E-state index < -0.39 is 5.97 Å². The highest BCUT2D eigenvalue weighted by Gasteiger charge is 2.17. The van der Waals surface area contributed by atoms with Crippen LogP contribution in [0.25, 0.3) is 0 Å². The van der Waals surface area contributed by atoms with Crippen LogP contribution in [0.1, 0.15) is 24.8 Å². The van der Waals surface area contributed by atoms with E-state index in [0.717, 1.165) is 18.4 Å². The molecule has 0 aliphatic heterocycles. The lowest BCUT2D eigenvalue weighted by Crippen LogP contribution is -2.35. The number of carbonyl (C=O) groups is 2. The van der Waals surface area contributed by atoms with E-state index in [9.17, 15) is 9.59 Å². The van der Waals surface area contributed by atoms with Crippen molar-refractivity contribution in [3.8, 4) is 0 Å². The van der Waals surface area contributed by atoms with E-state index in [1.165, 1.54) is 12.0 Å². The highest BCUT2D eigenvalue weighted by atomic mass is 35.5. The number of carbonyl (C=O) groups excluding carboxylic acids is 2. The zero-order valence-corrected chi connectivity index (χ0v) is 12.4. The average Bonchev–Trinajstić information content (AvgIpc) is 2.47. The Hall–Kier alpha value is -1.55. The lowest BCUT2D eigenvalue weighted by atomic mass is 10.2. The zero-order valence-electron chi connectivity index (χ0n) is 11.7. The van der Waals surface area contributed by atoms with Gasteiger partial charge in [-0.25, -0.2) is 0 Å². The summed E-state index contributed by atoms with van der Waals surface area (Å²) in [5.41, 5.74) is 0.988. The highest BCUT2D eigenvalue weighted by Crippen LogP contribution is 2.08. The first-order valence-electron chi connectivity index (χ1n) is 6.62. The Kier molecular flexibility index (Phi) is 7.73. The van der Waals surface area contributed by atoms with Crippen molar-refractivity contribution in [1.82, 2.24) is 4.90 Å². The summed E-state index contributed by atoms with van der Waals surface area (Å²) in [7, 11) is 1.32. The summed E-state index contributed by atoms with van der Waals surface area (Å²) in [6.07, 6.45) is 1.93. The Morgan fingerprint density at radius 2 is 1.90 bits per heavy atom. The molecule has 4 nitrogen and oxygen atoms in total. The molecule has 0 saturated carbocycles. The number of ether oxygens (including phenoxy) is 1. The van der Waals surface area contributed by atoms with Crippen LogP contribution in [0.5, 0.6) is 0 Å². The number of amides is 1. The quantitative estimate of drug-likeness (QED) is 0.421. The van der Waals surface area contributed by atoms with Gasteiger partial charge >= 0.3 is 5.97 Å². The van der Waals surface area contributed by atoms with Gasteiger partial charge in [0.25, 0.3) is 0 Å². The standard InChI is InChI=1S/C15H20ClNO3/c1-20-15(19)12-17(14(18)9-5-6-10-16)11-13-7-3-2-4-8-13/h2-4,7-8H,5-6,9-12H2,1H3. The van der Waals surface area contributed by atoms with Crippen molar-refractivity contribution in [1.29, 1.82) is 0 Å². The van der Waals surface area contributed by atoms with Gasteiger partial charge in [0.05, 0.1) is 7.11 Å². The first-order valence-corrected chi connectivity index (χ1v) is 7.15. The van der Waals surface area contributed by atoms with Crippen molar-refractivity contribution in [2.45, 2.75) is 25.8 Å². The Morgan fingerprint density at radius 3 is 2.50 bits per heavy atom. The number of esters is 1. The van der Waals surface area contributed by atoms with Crippen LogP contribution in [0.2, 0.25) is 0 Å². The topological polar surface area (TPSA) is 46.6 Å². The molecule has 0 saturated heterocycles. The molecular formula is C15H20ClNO3. The Bertz CT molecular complexity index is 422. The smallest absolute Gasteiger partial charge is 0.325 e. The van der Waals surface area contributed by atoms with Gasteiger partial charge in [0.1, 0.15) is 6.54 Å². The summed E-state index contributed by atoms with van der Waals surface area (Å²) in [4.78, 5) is 25.1. The van der Waals surface area contributed by atoms with Gasteiger partial charge in [-0.15, -0.1) is 11.6 Å². The van der Waals surface area contributed by atoms with Gasteiger partial charge in [-0.05, 0) is 18.4 Å². The molecule has 0 radical (unpaired) electrons. The summed E-state index contributed by atoms with van der Waals surface area (Å²) in [6, 6.07) is 9.58. The molecule has 0 aromatic heterocycles. The second kappa shape index (κ2) is 9.37. The Labute approximate surface area is 124 Å². The summed E-state index contributed by atoms with van der Waals surface area (Å²) in [5.74, 6) is 0.0826. The lowest BCUT2D eigenvalue weighted by Gasteiger charge is -2.21. The number of unbranched alkanes of at least 4 members (excludes halogenated alkanes) is 1. The Morgan fingerprint density at radius 1 is 1.20 bits per heavy atom. The van der Waals surface area contributed by atoms with E-state index in [0.29, 0.717) is 18.8 Å². The first kappa shape index (κ1) is 16.5. The van der Waals surface area contributed by atoms with E-state index in [1.54, 1.807) is 0 Å². The number of benzene rings is 1. The van der Waals surface area contributed by atoms with Crippen LogP contribution in [0.4, 0.5) is 0 Å². The van der Waals surface area contributed by atoms with Crippen LogP contribution in [-0.4, -0.2) is 36.3 Å². The average molecular weight is 298 g/mol. The molecule has 0 N–H and O–H groups in total. The fraction of sp³-hybridized carbons (Fsp3) is 0.467. The summed E-state index contributed by atoms with van der Waals surface area (Å²) in [6.45, 7) is 0.390. The largest absolute Gasteiger partial charge is 0.468 e. The van der Waals surface area contributed by atoms with E-state index in [2.05, 4.69) is 4.74 Å². The highest BCUT2D eigenvalue weighted by molar-refractivity contribution is 6.17. The minimum Gasteiger partial charge on any atom is -0.468 e. The predicted molar refractivity (Wildman–Crippen MR) is 78.4 cm³/mol. The fourth-order valence-electron chi connectivity index (χ4n) is 1.79. The van der Waals surface area contributed by atoms with Crippen molar-refractivity contribution >= 4 is 23.5 Å². The number of rotatable bonds is 8. The third-order valence-electron chi connectivity index (χ3n) is 2.89. The van der Waals surface area contributed by atoms with Gasteiger partial charge in [-0.1, -0.05) is 30.3 Å². The summed E-state index contributed by atoms with van der Waals surface area (Å²) in [5, 5.41) is 0. The third-order valence-corrected chi connectivity index (χ3v) is 3.16. The van der Waals surface area contributed by atoms with Gasteiger partial charge in [0.2, 0.25) is 5.91 Å². The Balaban J connectivity index is 2.64. The normalized spacial score (nSPS) is 10.1. The molecule has 1 aromatic rings. The number of halogens is 1. The molecule has 0 spiro atoms. The van der Waals surface area contributed by atoms with Gasteiger partial charge in [0.15, 0.2) is 0 Å². The molecule has 5 heteroatoms. The maximum atomic E-state index is 12.1. The molecule has 0 unspecified atom stereocenters. The molecular weight excluding hydrogens is 278 g/mol. The predicted octanol–water partition coefficient (Wildman–Crippen LogP) is 2.60. The SMILES string of the molecule is COC(=O)CN(Cc1ccccc1)C(=O)CCCCCl. The third kappa shape index (κ3) is 6.06. The van der Waals surface area contributed by atoms with E-state index in [-0.39, 0.29) is 12.5 Å². The number of nitrogens with zero attached hydrogens (tertiary/aromatic N) is 1. The fourth-order valence-corrected chi connectivity index (χ4v) is 1.97. The molecule has 0 aliphatic carbocycles. The van der Waals surface area contributed by atoms with Crippen LogP contribution in [0.3, 0.4) is 0 Å². The molecule has 20 heavy (non-hydrogen) atoms. The molecule has 0 atom stereocenters. The van der Waals surface area contributed by atoms with Crippen molar-refractivity contribution in [2.75, 3.05) is 19.5 Å². The molecule has 110 valence electrons. The molecule has 1 aromatic carbocycles. The van der Waals surface area contributed by atoms with Crippen LogP contribution in [0.15, 0.2) is 30.3 Å². The van der Waals surface area contributed by atoms with Crippen molar-refractivity contribution in [3.63, 3.8) is 0 Å². The summed E-state index contributed by atoms with van der Waals surface area (Å²) < 4.78 is 4.64. The minimum absolute atomic E-state index is 0.0227. The maximum absolute atomic E-state index is 12.1. The molecule has 0 fully saturated rings. The molecule has 1 rings (SSSR count). The van der Waals surface area contributed by atoms with Gasteiger partial charge in [0, 0.05) is 18.8 Å². The maximum Gasteiger partial charge on any atom is 0.325 e. The van der Waals surface area contributed by atoms with Gasteiger partial charge in [-0.3, -0.25) is 9.59 Å². The van der Waals surface area contributed by atoms with Gasteiger partial charge in [-0.2, -0.15) is 0 Å². The first-order chi connectivity index (χ1) is 9.67. The van der Waals surface area contributed by atoms with E-state index in [1.807, 2.05) is 30.3 Å². The summed E-state index contributed by atoms with van der Waals surface area (Å²) >= 11 is 5.60. The van der Waals surface area contributed by atoms with E-state index in [4.69, 9.17) is 11.6 Å². The number of alkyl halides is 1. The van der Waals surface area contributed by atoms with Crippen molar-refractivity contribution < 1.29 is 14.3 Å². The zero-order chi connectivity index (χ0) is 14.8. The number of hydrogen-bond donors (Lipinski definition) is 0. The van der Waals surface area contributed by atoms with Gasteiger partial charge < -0.3 is 9.64 Å². The second-order valence-electron chi connectivity index (χ2n) is 4.46. The monoisotopic (exact) mass is 297 g/mol. The molecule has 0 heterocycles. The van der Waals surface area contributed by atoms with Crippen LogP contribution < -0.4 is 0 Å². The minimum atomic E-state index is -0.411. The van der Waals surface area contributed by atoms with Crippen molar-refractivity contribution in [3.05, 3.63) is 35.9 Å². The number of methoxy groups -OCH3 is 1. The van der Waals surface area contributed by atoms with Crippen molar-refractivity contribution in [2.24, 2.45) is 0 Å². The molecule has 0 aliphatic rings.